The van der Waals surface area contributed by atoms with Gasteiger partial charge in [0.2, 0.25) is 0 Å². The molecule has 1 heterocycles. The number of aldehydes is 1. The maximum Gasteiger partial charge on any atom is 0.306 e. The van der Waals surface area contributed by atoms with Crippen molar-refractivity contribution in [2.75, 3.05) is 0 Å². The topological polar surface area (TPSA) is 143 Å². The summed E-state index contributed by atoms with van der Waals surface area (Å²) in [5.41, 5.74) is -3.05. The Morgan fingerprint density at radius 3 is 2.18 bits per heavy atom. The lowest BCUT2D eigenvalue weighted by Gasteiger charge is -2.54. The van der Waals surface area contributed by atoms with Crippen molar-refractivity contribution in [1.82, 2.24) is 0 Å². The van der Waals surface area contributed by atoms with Crippen LogP contribution in [0.15, 0.2) is 0 Å². The van der Waals surface area contributed by atoms with Crippen LogP contribution < -0.4 is 0 Å². The minimum atomic E-state index is -1.77. The maximum absolute atomic E-state index is 12.7. The maximum atomic E-state index is 12.7. The normalized spacial score (nSPS) is 34.1. The van der Waals surface area contributed by atoms with Gasteiger partial charge in [0.1, 0.15) is 35.5 Å². The highest BCUT2D eigenvalue weighted by atomic mass is 16.6. The molecule has 0 radical (unpaired) electrons. The predicted octanol–water partition coefficient (Wildman–Crippen LogP) is 2.95. The third kappa shape index (κ3) is 6.81. The second-order valence-electron chi connectivity index (χ2n) is 11.5. The van der Waals surface area contributed by atoms with Crippen LogP contribution in [0.25, 0.3) is 0 Å². The summed E-state index contributed by atoms with van der Waals surface area (Å²) in [5, 5.41) is 12.0. The van der Waals surface area contributed by atoms with Gasteiger partial charge in [-0.15, -0.1) is 0 Å². The van der Waals surface area contributed by atoms with E-state index in [1.165, 1.54) is 27.7 Å². The van der Waals surface area contributed by atoms with Crippen molar-refractivity contribution in [1.29, 1.82) is 0 Å². The molecule has 0 aromatic carbocycles. The van der Waals surface area contributed by atoms with Crippen LogP contribution in [0, 0.1) is 23.7 Å². The number of carbonyl (C=O) groups is 5. The molecule has 2 rings (SSSR count). The molecule has 0 bridgehead atoms. The van der Waals surface area contributed by atoms with Gasteiger partial charge in [0, 0.05) is 50.9 Å². The molecule has 1 aliphatic carbocycles. The predicted molar refractivity (Wildman–Crippen MR) is 136 cm³/mol. The third-order valence-electron chi connectivity index (χ3n) is 7.87. The molecule has 1 aliphatic heterocycles. The Morgan fingerprint density at radius 1 is 1.11 bits per heavy atom. The molecular weight excluding hydrogens is 496 g/mol. The molecule has 216 valence electrons. The second-order valence-corrected chi connectivity index (χ2v) is 11.5. The second kappa shape index (κ2) is 12.7. The summed E-state index contributed by atoms with van der Waals surface area (Å²) < 4.78 is 23.9. The molecule has 1 N–H and O–H groups in total. The fourth-order valence-corrected chi connectivity index (χ4v) is 6.59. The Hall–Kier alpha value is -2.33. The van der Waals surface area contributed by atoms with Crippen LogP contribution in [0.3, 0.4) is 0 Å². The fourth-order valence-electron chi connectivity index (χ4n) is 6.59. The molecule has 0 amide bonds. The number of ketones is 1. The first-order valence-corrected chi connectivity index (χ1v) is 13.5. The quantitative estimate of drug-likeness (QED) is 0.223. The lowest BCUT2D eigenvalue weighted by atomic mass is 9.55. The molecule has 9 unspecified atom stereocenters. The highest BCUT2D eigenvalue weighted by Gasteiger charge is 2.69. The van der Waals surface area contributed by atoms with E-state index in [1.807, 2.05) is 20.8 Å². The number of carbonyl (C=O) groups excluding carboxylic acids is 5. The van der Waals surface area contributed by atoms with E-state index >= 15 is 0 Å². The Kier molecular flexibility index (Phi) is 10.6. The van der Waals surface area contributed by atoms with E-state index in [4.69, 9.17) is 18.9 Å². The minimum Gasteiger partial charge on any atom is -0.458 e. The van der Waals surface area contributed by atoms with E-state index in [9.17, 15) is 29.1 Å². The van der Waals surface area contributed by atoms with Crippen LogP contribution in [0.5, 0.6) is 0 Å². The van der Waals surface area contributed by atoms with Crippen LogP contribution in [0.1, 0.15) is 87.5 Å². The lowest BCUT2D eigenvalue weighted by Crippen LogP contribution is -2.68. The van der Waals surface area contributed by atoms with Gasteiger partial charge >= 0.3 is 17.9 Å². The molecule has 2 aliphatic rings. The first-order valence-electron chi connectivity index (χ1n) is 13.5. The standard InChI is InChI=1S/C28H44O10/c1-9-11-20(33)38-27(7,12-10-13-29)25-22-21(15(2)3)24(35-17(5)31)26(36-18(6)32)28(8,34)23(22)19(37-25)14-16(4)30/h13,15,19,21-26,34H,9-12,14H2,1-8H3. The number of hydrogen-bond acceptors (Lipinski definition) is 10. The molecule has 10 heteroatoms. The molecule has 2 fully saturated rings. The van der Waals surface area contributed by atoms with Crippen LogP contribution in [-0.4, -0.2) is 70.7 Å². The molecule has 1 saturated heterocycles. The summed E-state index contributed by atoms with van der Waals surface area (Å²) in [7, 11) is 0. The van der Waals surface area contributed by atoms with Gasteiger partial charge in [0.15, 0.2) is 6.10 Å². The highest BCUT2D eigenvalue weighted by molar-refractivity contribution is 5.76. The first kappa shape index (κ1) is 31.9. The van der Waals surface area contributed by atoms with Crippen molar-refractivity contribution < 1.29 is 48.0 Å². The van der Waals surface area contributed by atoms with E-state index < -0.39 is 71.3 Å². The monoisotopic (exact) mass is 540 g/mol. The van der Waals surface area contributed by atoms with Crippen molar-refractivity contribution in [3.8, 4) is 0 Å². The summed E-state index contributed by atoms with van der Waals surface area (Å²) >= 11 is 0. The summed E-state index contributed by atoms with van der Waals surface area (Å²) in [4.78, 5) is 60.8. The summed E-state index contributed by atoms with van der Waals surface area (Å²) in [5.74, 6) is -3.86. The number of hydrogen-bond donors (Lipinski definition) is 1. The summed E-state index contributed by atoms with van der Waals surface area (Å²) in [6.45, 7) is 12.8. The van der Waals surface area contributed by atoms with Crippen molar-refractivity contribution in [3.63, 3.8) is 0 Å². The Labute approximate surface area is 225 Å². The number of aliphatic hydroxyl groups is 1. The van der Waals surface area contributed by atoms with E-state index in [0.29, 0.717) is 6.42 Å². The zero-order chi connectivity index (χ0) is 29.0. The zero-order valence-electron chi connectivity index (χ0n) is 23.9. The van der Waals surface area contributed by atoms with E-state index in [-0.39, 0.29) is 37.4 Å². The fraction of sp³-hybridized carbons (Fsp3) is 0.821. The van der Waals surface area contributed by atoms with Gasteiger partial charge in [-0.05, 0) is 39.5 Å². The van der Waals surface area contributed by atoms with Crippen LogP contribution in [0.4, 0.5) is 0 Å². The molecule has 0 aromatic rings. The molecule has 38 heavy (non-hydrogen) atoms. The van der Waals surface area contributed by atoms with E-state index in [1.54, 1.807) is 6.92 Å². The smallest absolute Gasteiger partial charge is 0.306 e. The van der Waals surface area contributed by atoms with Crippen molar-refractivity contribution in [2.45, 2.75) is 123 Å². The molecule has 0 spiro atoms. The number of fused-ring (bicyclic) bond motifs is 1. The number of rotatable bonds is 12. The molecule has 9 atom stereocenters. The van der Waals surface area contributed by atoms with Crippen molar-refractivity contribution in [2.24, 2.45) is 23.7 Å². The minimum absolute atomic E-state index is 0.0314. The summed E-state index contributed by atoms with van der Waals surface area (Å²) in [6, 6.07) is 0. The van der Waals surface area contributed by atoms with Gasteiger partial charge in [-0.1, -0.05) is 20.8 Å². The molecular formula is C28H44O10. The van der Waals surface area contributed by atoms with Gasteiger partial charge in [-0.3, -0.25) is 19.2 Å². The number of Topliss-reactive ketones (excluding diaryl/α,β-unsaturated/α-hetero) is 1. The average Bonchev–Trinajstić information content (AvgIpc) is 3.14. The van der Waals surface area contributed by atoms with Crippen molar-refractivity contribution in [3.05, 3.63) is 0 Å². The molecule has 0 aromatic heterocycles. The Morgan fingerprint density at radius 2 is 1.71 bits per heavy atom. The van der Waals surface area contributed by atoms with E-state index in [2.05, 4.69) is 0 Å². The Bertz CT molecular complexity index is 896. The van der Waals surface area contributed by atoms with Crippen molar-refractivity contribution >= 4 is 30.0 Å². The average molecular weight is 541 g/mol. The van der Waals surface area contributed by atoms with Crippen LogP contribution >= 0.6 is 0 Å². The van der Waals surface area contributed by atoms with Crippen LogP contribution in [0.2, 0.25) is 0 Å². The van der Waals surface area contributed by atoms with Gasteiger partial charge in [0.05, 0.1) is 6.10 Å². The van der Waals surface area contributed by atoms with Gasteiger partial charge in [-0.25, -0.2) is 0 Å². The van der Waals surface area contributed by atoms with E-state index in [0.717, 1.165) is 6.29 Å². The summed E-state index contributed by atoms with van der Waals surface area (Å²) in [6.07, 6.45) is -2.20. The lowest BCUT2D eigenvalue weighted by molar-refractivity contribution is -0.240. The van der Waals surface area contributed by atoms with Gasteiger partial charge in [-0.2, -0.15) is 0 Å². The Balaban J connectivity index is 2.78. The molecule has 1 saturated carbocycles. The zero-order valence-corrected chi connectivity index (χ0v) is 23.9. The third-order valence-corrected chi connectivity index (χ3v) is 7.87. The first-order chi connectivity index (χ1) is 17.6. The van der Waals surface area contributed by atoms with Gasteiger partial charge < -0.3 is 28.8 Å². The largest absolute Gasteiger partial charge is 0.458 e. The SMILES string of the molecule is CCCC(=O)OC(C)(CCC=O)C1OC(CC(C)=O)C2C1C(C(C)C)C(OC(C)=O)C(OC(C)=O)C2(C)O. The number of ether oxygens (including phenoxy) is 4. The van der Waals surface area contributed by atoms with Gasteiger partial charge in [0.25, 0.3) is 0 Å². The molecule has 10 nitrogen and oxygen atoms in total. The number of esters is 3. The van der Waals surface area contributed by atoms with Crippen LogP contribution in [-0.2, 0) is 42.9 Å². The highest BCUT2D eigenvalue weighted by Crippen LogP contribution is 2.57.